The van der Waals surface area contributed by atoms with Gasteiger partial charge in [-0.1, -0.05) is 24.3 Å². The van der Waals surface area contributed by atoms with E-state index in [-0.39, 0.29) is 18.4 Å². The molecule has 0 fully saturated rings. The zero-order valence-electron chi connectivity index (χ0n) is 12.1. The molecule has 0 saturated carbocycles. The lowest BCUT2D eigenvalue weighted by Crippen LogP contribution is -2.28. The Morgan fingerprint density at radius 3 is 2.90 bits per heavy atom. The van der Waals surface area contributed by atoms with Crippen LogP contribution in [0.15, 0.2) is 29.6 Å². The van der Waals surface area contributed by atoms with Gasteiger partial charge >= 0.3 is 0 Å². The molecule has 0 spiro atoms. The van der Waals surface area contributed by atoms with Crippen molar-refractivity contribution in [1.82, 2.24) is 4.98 Å². The summed E-state index contributed by atoms with van der Waals surface area (Å²) in [7, 11) is 1.55. The SMILES string of the molecule is COC(CN)CC(=O)Nc1nc(-c2ccccc2C)cs1. The second-order valence-electron chi connectivity index (χ2n) is 4.70. The van der Waals surface area contributed by atoms with E-state index in [4.69, 9.17) is 10.5 Å². The van der Waals surface area contributed by atoms with E-state index in [1.165, 1.54) is 11.3 Å². The average molecular weight is 305 g/mol. The number of benzene rings is 1. The number of hydrogen-bond acceptors (Lipinski definition) is 5. The standard InChI is InChI=1S/C15H19N3O2S/c1-10-5-3-4-6-12(10)13-9-21-15(17-13)18-14(19)7-11(8-16)20-2/h3-6,9,11H,7-8,16H2,1-2H3,(H,17,18,19). The van der Waals surface area contributed by atoms with Gasteiger partial charge in [0.05, 0.1) is 18.2 Å². The first kappa shape index (κ1) is 15.6. The van der Waals surface area contributed by atoms with Gasteiger partial charge in [-0.3, -0.25) is 4.79 Å². The summed E-state index contributed by atoms with van der Waals surface area (Å²) < 4.78 is 5.10. The largest absolute Gasteiger partial charge is 0.380 e. The number of carbonyl (C=O) groups excluding carboxylic acids is 1. The van der Waals surface area contributed by atoms with Crippen LogP contribution in [0.2, 0.25) is 0 Å². The van der Waals surface area contributed by atoms with Crippen LogP contribution in [-0.4, -0.2) is 30.6 Å². The minimum atomic E-state index is -0.263. The number of anilines is 1. The maximum Gasteiger partial charge on any atom is 0.228 e. The molecule has 0 aliphatic rings. The van der Waals surface area contributed by atoms with Crippen molar-refractivity contribution in [2.24, 2.45) is 5.73 Å². The number of nitrogens with one attached hydrogen (secondary N) is 1. The quantitative estimate of drug-likeness (QED) is 0.859. The molecule has 0 radical (unpaired) electrons. The van der Waals surface area contributed by atoms with Crippen LogP contribution in [0.1, 0.15) is 12.0 Å². The van der Waals surface area contributed by atoms with Gasteiger partial charge in [-0.25, -0.2) is 4.98 Å². The Bertz CT molecular complexity index is 608. The summed E-state index contributed by atoms with van der Waals surface area (Å²) in [6.07, 6.45) is -0.0347. The molecule has 0 saturated heterocycles. The summed E-state index contributed by atoms with van der Waals surface area (Å²) in [6.45, 7) is 2.35. The van der Waals surface area contributed by atoms with Crippen molar-refractivity contribution < 1.29 is 9.53 Å². The summed E-state index contributed by atoms with van der Waals surface area (Å²) in [5, 5.41) is 5.31. The first-order valence-electron chi connectivity index (χ1n) is 6.68. The molecule has 1 amide bonds. The summed E-state index contributed by atoms with van der Waals surface area (Å²) in [6, 6.07) is 8.03. The minimum Gasteiger partial charge on any atom is -0.380 e. The Kier molecular flexibility index (Phi) is 5.44. The van der Waals surface area contributed by atoms with Gasteiger partial charge in [0, 0.05) is 24.6 Å². The molecule has 6 heteroatoms. The lowest BCUT2D eigenvalue weighted by molar-refractivity contribution is -0.118. The Balaban J connectivity index is 2.04. The van der Waals surface area contributed by atoms with E-state index >= 15 is 0 Å². The average Bonchev–Trinajstić information content (AvgIpc) is 2.93. The van der Waals surface area contributed by atoms with Crippen molar-refractivity contribution in [2.45, 2.75) is 19.4 Å². The third-order valence-corrected chi connectivity index (χ3v) is 3.94. The van der Waals surface area contributed by atoms with E-state index in [2.05, 4.69) is 10.3 Å². The molecule has 2 rings (SSSR count). The minimum absolute atomic E-state index is 0.141. The number of rotatable bonds is 6. The third kappa shape index (κ3) is 4.10. The van der Waals surface area contributed by atoms with E-state index in [0.717, 1.165) is 16.8 Å². The highest BCUT2D eigenvalue weighted by molar-refractivity contribution is 7.14. The number of ether oxygens (including phenoxy) is 1. The highest BCUT2D eigenvalue weighted by atomic mass is 32.1. The van der Waals surface area contributed by atoms with Crippen molar-refractivity contribution in [3.05, 3.63) is 35.2 Å². The van der Waals surface area contributed by atoms with Crippen LogP contribution in [0.4, 0.5) is 5.13 Å². The number of aromatic nitrogens is 1. The van der Waals surface area contributed by atoms with Crippen molar-refractivity contribution in [2.75, 3.05) is 19.0 Å². The normalized spacial score (nSPS) is 12.1. The van der Waals surface area contributed by atoms with E-state index in [9.17, 15) is 4.79 Å². The van der Waals surface area contributed by atoms with Crippen LogP contribution >= 0.6 is 11.3 Å². The Labute approximate surface area is 128 Å². The molecule has 5 nitrogen and oxygen atoms in total. The molecule has 1 atom stereocenters. The van der Waals surface area contributed by atoms with Crippen LogP contribution in [0.3, 0.4) is 0 Å². The predicted octanol–water partition coefficient (Wildman–Crippen LogP) is 2.42. The number of nitrogens with two attached hydrogens (primary N) is 1. The van der Waals surface area contributed by atoms with E-state index in [1.54, 1.807) is 7.11 Å². The predicted molar refractivity (Wildman–Crippen MR) is 85.4 cm³/mol. The number of amides is 1. The van der Waals surface area contributed by atoms with Gasteiger partial charge in [0.25, 0.3) is 0 Å². The maximum absolute atomic E-state index is 11.9. The Morgan fingerprint density at radius 1 is 1.48 bits per heavy atom. The molecular formula is C15H19N3O2S. The van der Waals surface area contributed by atoms with Crippen molar-refractivity contribution >= 4 is 22.4 Å². The Hall–Kier alpha value is -1.76. The van der Waals surface area contributed by atoms with Crippen molar-refractivity contribution in [3.8, 4) is 11.3 Å². The molecule has 1 aromatic heterocycles. The number of aryl methyl sites for hydroxylation is 1. The molecule has 3 N–H and O–H groups in total. The topological polar surface area (TPSA) is 77.2 Å². The molecule has 0 aliphatic carbocycles. The second kappa shape index (κ2) is 7.31. The van der Waals surface area contributed by atoms with E-state index in [1.807, 2.05) is 36.6 Å². The van der Waals surface area contributed by atoms with Gasteiger partial charge in [-0.05, 0) is 12.5 Å². The molecular weight excluding hydrogens is 286 g/mol. The van der Waals surface area contributed by atoms with Crippen LogP contribution < -0.4 is 11.1 Å². The monoisotopic (exact) mass is 305 g/mol. The molecule has 2 aromatic rings. The summed E-state index contributed by atoms with van der Waals surface area (Å²) >= 11 is 1.41. The molecule has 1 aromatic carbocycles. The number of methoxy groups -OCH3 is 1. The summed E-state index contributed by atoms with van der Waals surface area (Å²) in [5.41, 5.74) is 8.61. The number of nitrogens with zero attached hydrogens (tertiary/aromatic N) is 1. The van der Waals surface area contributed by atoms with Crippen LogP contribution in [0, 0.1) is 6.92 Å². The first-order valence-corrected chi connectivity index (χ1v) is 7.56. The summed E-state index contributed by atoms with van der Waals surface area (Å²) in [4.78, 5) is 16.3. The highest BCUT2D eigenvalue weighted by Gasteiger charge is 2.13. The van der Waals surface area contributed by atoms with E-state index in [0.29, 0.717) is 11.7 Å². The van der Waals surface area contributed by atoms with Crippen LogP contribution in [-0.2, 0) is 9.53 Å². The van der Waals surface area contributed by atoms with E-state index < -0.39 is 0 Å². The van der Waals surface area contributed by atoms with Crippen LogP contribution in [0.5, 0.6) is 0 Å². The fourth-order valence-corrected chi connectivity index (χ4v) is 2.68. The van der Waals surface area contributed by atoms with Gasteiger partial charge in [-0.15, -0.1) is 11.3 Å². The van der Waals surface area contributed by atoms with Gasteiger partial charge in [-0.2, -0.15) is 0 Å². The number of carbonyl (C=O) groups is 1. The van der Waals surface area contributed by atoms with Crippen molar-refractivity contribution in [1.29, 1.82) is 0 Å². The third-order valence-electron chi connectivity index (χ3n) is 3.18. The molecule has 1 unspecified atom stereocenters. The maximum atomic E-state index is 11.9. The van der Waals surface area contributed by atoms with Gasteiger partial charge in [0.15, 0.2) is 5.13 Å². The van der Waals surface area contributed by atoms with Crippen LogP contribution in [0.25, 0.3) is 11.3 Å². The van der Waals surface area contributed by atoms with Gasteiger partial charge < -0.3 is 15.8 Å². The highest BCUT2D eigenvalue weighted by Crippen LogP contribution is 2.27. The second-order valence-corrected chi connectivity index (χ2v) is 5.56. The molecule has 0 bridgehead atoms. The Morgan fingerprint density at radius 2 is 2.24 bits per heavy atom. The van der Waals surface area contributed by atoms with Crippen molar-refractivity contribution in [3.63, 3.8) is 0 Å². The number of thiazole rings is 1. The molecule has 0 aliphatic heterocycles. The first-order chi connectivity index (χ1) is 10.1. The summed E-state index contributed by atoms with van der Waals surface area (Å²) in [5.74, 6) is -0.141. The molecule has 112 valence electrons. The smallest absolute Gasteiger partial charge is 0.228 e. The lowest BCUT2D eigenvalue weighted by Gasteiger charge is -2.11. The fourth-order valence-electron chi connectivity index (χ4n) is 1.96. The molecule has 1 heterocycles. The fraction of sp³-hybridized carbons (Fsp3) is 0.333. The van der Waals surface area contributed by atoms with Gasteiger partial charge in [0.1, 0.15) is 0 Å². The number of hydrogen-bond donors (Lipinski definition) is 2. The van der Waals surface area contributed by atoms with Gasteiger partial charge in [0.2, 0.25) is 5.91 Å². The lowest BCUT2D eigenvalue weighted by atomic mass is 10.1. The zero-order chi connectivity index (χ0) is 15.2. The zero-order valence-corrected chi connectivity index (χ0v) is 12.9. The molecule has 21 heavy (non-hydrogen) atoms.